The van der Waals surface area contributed by atoms with Gasteiger partial charge in [0.2, 0.25) is 0 Å². The summed E-state index contributed by atoms with van der Waals surface area (Å²) in [6, 6.07) is 1.81. The van der Waals surface area contributed by atoms with E-state index in [1.165, 1.54) is 0 Å². The summed E-state index contributed by atoms with van der Waals surface area (Å²) in [7, 11) is 0. The minimum atomic E-state index is 0.570. The molecule has 1 rings (SSSR count). The van der Waals surface area contributed by atoms with Gasteiger partial charge >= 0.3 is 0 Å². The van der Waals surface area contributed by atoms with Crippen molar-refractivity contribution in [2.45, 2.75) is 13.8 Å². The van der Waals surface area contributed by atoms with Gasteiger partial charge in [-0.15, -0.1) is 0 Å². The molecule has 0 bridgehead atoms. The molecule has 16 heavy (non-hydrogen) atoms. The fourth-order valence-electron chi connectivity index (χ4n) is 1.11. The third-order valence-electron chi connectivity index (χ3n) is 1.80. The number of halogens is 2. The summed E-state index contributed by atoms with van der Waals surface area (Å²) < 4.78 is 6.31. The molecular formula is C11H16BrClN2O. The van der Waals surface area contributed by atoms with E-state index < -0.39 is 0 Å². The molecule has 3 nitrogen and oxygen atoms in total. The maximum Gasteiger partial charge on any atom is 0.140 e. The number of hydrogen-bond acceptors (Lipinski definition) is 3. The summed E-state index contributed by atoms with van der Waals surface area (Å²) in [5.74, 6) is 1.36. The van der Waals surface area contributed by atoms with Gasteiger partial charge in [-0.3, -0.25) is 0 Å². The monoisotopic (exact) mass is 306 g/mol. The summed E-state index contributed by atoms with van der Waals surface area (Å²) in [6.45, 7) is 6.46. The normalized spacial score (nSPS) is 10.8. The number of hydrogen-bond donors (Lipinski definition) is 1. The molecule has 0 saturated carbocycles. The van der Waals surface area contributed by atoms with Gasteiger partial charge in [0.25, 0.3) is 0 Å². The number of aromatic nitrogens is 1. The van der Waals surface area contributed by atoms with Crippen LogP contribution in [0.3, 0.4) is 0 Å². The molecule has 0 spiro atoms. The second-order valence-corrected chi connectivity index (χ2v) is 5.17. The average Bonchev–Trinajstić information content (AvgIpc) is 2.20. The molecule has 5 heteroatoms. The molecule has 0 unspecified atom stereocenters. The number of ether oxygens (including phenoxy) is 1. The zero-order valence-corrected chi connectivity index (χ0v) is 11.8. The SMILES string of the molecule is CC(C)COCCNc1ncc(Cl)cc1Br. The molecule has 1 aromatic heterocycles. The molecule has 1 aromatic rings. The lowest BCUT2D eigenvalue weighted by atomic mass is 10.2. The van der Waals surface area contributed by atoms with Crippen LogP contribution in [0.4, 0.5) is 5.82 Å². The predicted octanol–water partition coefficient (Wildman–Crippen LogP) is 3.58. The Morgan fingerprint density at radius 2 is 2.31 bits per heavy atom. The van der Waals surface area contributed by atoms with Crippen LogP contribution in [0.25, 0.3) is 0 Å². The summed E-state index contributed by atoms with van der Waals surface area (Å²) in [5, 5.41) is 3.79. The van der Waals surface area contributed by atoms with Crippen molar-refractivity contribution in [1.82, 2.24) is 4.98 Å². The zero-order valence-electron chi connectivity index (χ0n) is 9.46. The Bertz CT molecular complexity index is 334. The molecule has 0 radical (unpaired) electrons. The highest BCUT2D eigenvalue weighted by Crippen LogP contribution is 2.22. The minimum absolute atomic E-state index is 0.570. The molecule has 0 aliphatic carbocycles. The summed E-state index contributed by atoms with van der Waals surface area (Å²) >= 11 is 9.18. The highest BCUT2D eigenvalue weighted by atomic mass is 79.9. The van der Waals surface area contributed by atoms with Crippen LogP contribution >= 0.6 is 27.5 Å². The van der Waals surface area contributed by atoms with Crippen molar-refractivity contribution in [2.24, 2.45) is 5.92 Å². The third-order valence-corrected chi connectivity index (χ3v) is 2.61. The largest absolute Gasteiger partial charge is 0.379 e. The first-order valence-corrected chi connectivity index (χ1v) is 6.39. The van der Waals surface area contributed by atoms with Crippen molar-refractivity contribution in [3.05, 3.63) is 21.8 Å². The third kappa shape index (κ3) is 5.14. The van der Waals surface area contributed by atoms with Crippen molar-refractivity contribution in [3.63, 3.8) is 0 Å². The van der Waals surface area contributed by atoms with Gasteiger partial charge in [-0.25, -0.2) is 4.98 Å². The molecule has 1 heterocycles. The van der Waals surface area contributed by atoms with Crippen LogP contribution in [-0.4, -0.2) is 24.7 Å². The average molecular weight is 308 g/mol. The lowest BCUT2D eigenvalue weighted by Crippen LogP contribution is -2.13. The Hall–Kier alpha value is -0.320. The number of rotatable bonds is 6. The van der Waals surface area contributed by atoms with Crippen LogP contribution in [0, 0.1) is 5.92 Å². The highest BCUT2D eigenvalue weighted by molar-refractivity contribution is 9.10. The lowest BCUT2D eigenvalue weighted by Gasteiger charge is -2.09. The van der Waals surface area contributed by atoms with E-state index in [1.807, 2.05) is 6.07 Å². The van der Waals surface area contributed by atoms with Crippen molar-refractivity contribution >= 4 is 33.3 Å². The smallest absolute Gasteiger partial charge is 0.140 e. The van der Waals surface area contributed by atoms with Crippen molar-refractivity contribution in [2.75, 3.05) is 25.1 Å². The van der Waals surface area contributed by atoms with Crippen LogP contribution in [-0.2, 0) is 4.74 Å². The Kier molecular flexibility index (Phi) is 6.09. The molecule has 0 atom stereocenters. The van der Waals surface area contributed by atoms with Crippen LogP contribution in [0.5, 0.6) is 0 Å². The molecule has 0 saturated heterocycles. The van der Waals surface area contributed by atoms with E-state index in [1.54, 1.807) is 6.20 Å². The standard InChI is InChI=1S/C11H16BrClN2O/c1-8(2)7-16-4-3-14-11-10(12)5-9(13)6-15-11/h5-6,8H,3-4,7H2,1-2H3,(H,14,15). The predicted molar refractivity (Wildman–Crippen MR) is 71.1 cm³/mol. The summed E-state index contributed by atoms with van der Waals surface area (Å²) in [4.78, 5) is 4.17. The van der Waals surface area contributed by atoms with Gasteiger partial charge in [-0.05, 0) is 27.9 Å². The maximum absolute atomic E-state index is 5.79. The van der Waals surface area contributed by atoms with Gasteiger partial charge in [0.05, 0.1) is 16.1 Å². The van der Waals surface area contributed by atoms with Crippen LogP contribution < -0.4 is 5.32 Å². The van der Waals surface area contributed by atoms with E-state index in [2.05, 4.69) is 40.1 Å². The van der Waals surface area contributed by atoms with Gasteiger partial charge in [0.15, 0.2) is 0 Å². The molecule has 1 N–H and O–H groups in total. The molecule has 0 aliphatic rings. The second kappa shape index (κ2) is 7.09. The quantitative estimate of drug-likeness (QED) is 0.816. The van der Waals surface area contributed by atoms with Crippen molar-refractivity contribution < 1.29 is 4.74 Å². The second-order valence-electron chi connectivity index (χ2n) is 3.88. The van der Waals surface area contributed by atoms with E-state index in [4.69, 9.17) is 16.3 Å². The van der Waals surface area contributed by atoms with Crippen molar-refractivity contribution in [1.29, 1.82) is 0 Å². The number of nitrogens with zero attached hydrogens (tertiary/aromatic N) is 1. The van der Waals surface area contributed by atoms with E-state index in [9.17, 15) is 0 Å². The molecular weight excluding hydrogens is 291 g/mol. The van der Waals surface area contributed by atoms with Gasteiger partial charge in [-0.2, -0.15) is 0 Å². The van der Waals surface area contributed by atoms with Crippen molar-refractivity contribution in [3.8, 4) is 0 Å². The Labute approximate surface area is 110 Å². The Morgan fingerprint density at radius 1 is 1.56 bits per heavy atom. The minimum Gasteiger partial charge on any atom is -0.379 e. The molecule has 0 fully saturated rings. The van der Waals surface area contributed by atoms with Crippen LogP contribution in [0.2, 0.25) is 5.02 Å². The van der Waals surface area contributed by atoms with Gasteiger partial charge in [0.1, 0.15) is 5.82 Å². The first-order chi connectivity index (χ1) is 7.59. The fraction of sp³-hybridized carbons (Fsp3) is 0.545. The lowest BCUT2D eigenvalue weighted by molar-refractivity contribution is 0.118. The maximum atomic E-state index is 5.79. The highest BCUT2D eigenvalue weighted by Gasteiger charge is 2.01. The summed E-state index contributed by atoms with van der Waals surface area (Å²) in [6.07, 6.45) is 1.61. The fourth-order valence-corrected chi connectivity index (χ4v) is 1.88. The van der Waals surface area contributed by atoms with Crippen LogP contribution in [0.15, 0.2) is 16.7 Å². The van der Waals surface area contributed by atoms with Gasteiger partial charge < -0.3 is 10.1 Å². The van der Waals surface area contributed by atoms with Gasteiger partial charge in [-0.1, -0.05) is 25.4 Å². The Morgan fingerprint density at radius 3 is 2.94 bits per heavy atom. The molecule has 90 valence electrons. The van der Waals surface area contributed by atoms with E-state index >= 15 is 0 Å². The summed E-state index contributed by atoms with van der Waals surface area (Å²) in [5.41, 5.74) is 0. The first-order valence-electron chi connectivity index (χ1n) is 5.22. The van der Waals surface area contributed by atoms with E-state index in [-0.39, 0.29) is 0 Å². The number of anilines is 1. The number of pyridine rings is 1. The molecule has 0 aromatic carbocycles. The molecule has 0 amide bonds. The number of nitrogens with one attached hydrogen (secondary N) is 1. The topological polar surface area (TPSA) is 34.1 Å². The van der Waals surface area contributed by atoms with E-state index in [0.717, 1.165) is 23.4 Å². The van der Waals surface area contributed by atoms with Gasteiger partial charge in [0, 0.05) is 19.3 Å². The van der Waals surface area contributed by atoms with Crippen LogP contribution in [0.1, 0.15) is 13.8 Å². The zero-order chi connectivity index (χ0) is 12.0. The first kappa shape index (κ1) is 13.7. The Balaban J connectivity index is 2.27. The van der Waals surface area contributed by atoms with E-state index in [0.29, 0.717) is 17.5 Å². The molecule has 0 aliphatic heterocycles.